The van der Waals surface area contributed by atoms with Crippen molar-refractivity contribution in [2.24, 2.45) is 0 Å². The number of aldehydes is 1. The van der Waals surface area contributed by atoms with Gasteiger partial charge in [0.1, 0.15) is 17.8 Å². The summed E-state index contributed by atoms with van der Waals surface area (Å²) in [6.07, 6.45) is 13.8. The van der Waals surface area contributed by atoms with Crippen LogP contribution in [-0.4, -0.2) is 18.9 Å². The molecule has 0 N–H and O–H groups in total. The van der Waals surface area contributed by atoms with Gasteiger partial charge in [0.05, 0.1) is 12.2 Å². The van der Waals surface area contributed by atoms with Gasteiger partial charge in [-0.25, -0.2) is 4.79 Å². The third-order valence-corrected chi connectivity index (χ3v) is 5.08. The summed E-state index contributed by atoms with van der Waals surface area (Å²) < 4.78 is 11.1. The molecule has 0 aliphatic rings. The summed E-state index contributed by atoms with van der Waals surface area (Å²) in [6, 6.07) is 13.4. The molecule has 0 bridgehead atoms. The minimum absolute atomic E-state index is 0.405. The van der Waals surface area contributed by atoms with Crippen LogP contribution in [0.5, 0.6) is 11.5 Å². The second kappa shape index (κ2) is 14.4. The number of hydrogen-bond donors (Lipinski definition) is 0. The molecule has 162 valence electrons. The molecule has 2 rings (SSSR count). The van der Waals surface area contributed by atoms with Crippen LogP contribution in [-0.2, 0) is 0 Å². The largest absolute Gasteiger partial charge is 0.494 e. The van der Waals surface area contributed by atoms with Gasteiger partial charge < -0.3 is 9.47 Å². The van der Waals surface area contributed by atoms with Crippen LogP contribution in [0.4, 0.5) is 0 Å². The third kappa shape index (κ3) is 9.25. The van der Waals surface area contributed by atoms with E-state index in [1.807, 2.05) is 12.1 Å². The van der Waals surface area contributed by atoms with Gasteiger partial charge in [-0.1, -0.05) is 76.8 Å². The van der Waals surface area contributed by atoms with Gasteiger partial charge in [0.2, 0.25) is 0 Å². The number of unbranched alkanes of at least 4 members (excludes halogenated alkanes) is 9. The fraction of sp³-hybridized carbons (Fsp3) is 0.462. The normalized spacial score (nSPS) is 10.6. The van der Waals surface area contributed by atoms with Crippen LogP contribution in [0, 0.1) is 0 Å². The molecule has 0 radical (unpaired) electrons. The predicted octanol–water partition coefficient (Wildman–Crippen LogP) is 7.02. The van der Waals surface area contributed by atoms with E-state index in [1.165, 1.54) is 57.8 Å². The number of hydrogen-bond acceptors (Lipinski definition) is 4. The van der Waals surface area contributed by atoms with E-state index in [1.54, 1.807) is 36.4 Å². The summed E-state index contributed by atoms with van der Waals surface area (Å²) in [5.74, 6) is 0.790. The molecule has 0 saturated carbocycles. The minimum atomic E-state index is -0.452. The SMILES string of the molecule is CCCCCCCCCCCCOc1ccc(OC(=O)c2ccc(C=O)cc2)cc1. The molecule has 0 saturated heterocycles. The van der Waals surface area contributed by atoms with E-state index in [4.69, 9.17) is 9.47 Å². The quantitative estimate of drug-likeness (QED) is 0.137. The summed E-state index contributed by atoms with van der Waals surface area (Å²) >= 11 is 0. The van der Waals surface area contributed by atoms with Crippen molar-refractivity contribution < 1.29 is 19.1 Å². The van der Waals surface area contributed by atoms with Crippen molar-refractivity contribution >= 4 is 12.3 Å². The first kappa shape index (κ1) is 23.7. The van der Waals surface area contributed by atoms with Gasteiger partial charge in [-0.3, -0.25) is 4.79 Å². The zero-order chi connectivity index (χ0) is 21.4. The van der Waals surface area contributed by atoms with Crippen molar-refractivity contribution in [2.45, 2.75) is 71.1 Å². The topological polar surface area (TPSA) is 52.6 Å². The molecule has 0 fully saturated rings. The van der Waals surface area contributed by atoms with Gasteiger partial charge >= 0.3 is 5.97 Å². The van der Waals surface area contributed by atoms with Crippen LogP contribution in [0.2, 0.25) is 0 Å². The fourth-order valence-electron chi connectivity index (χ4n) is 3.25. The van der Waals surface area contributed by atoms with Crippen LogP contribution in [0.15, 0.2) is 48.5 Å². The first-order chi connectivity index (χ1) is 14.7. The van der Waals surface area contributed by atoms with Crippen molar-refractivity contribution in [1.82, 2.24) is 0 Å². The van der Waals surface area contributed by atoms with E-state index in [-0.39, 0.29) is 0 Å². The first-order valence-electron chi connectivity index (χ1n) is 11.2. The van der Waals surface area contributed by atoms with Gasteiger partial charge in [0.15, 0.2) is 0 Å². The number of carbonyl (C=O) groups is 2. The maximum atomic E-state index is 12.1. The molecule has 4 nitrogen and oxygen atoms in total. The highest BCUT2D eigenvalue weighted by Crippen LogP contribution is 2.19. The Labute approximate surface area is 180 Å². The molecule has 0 heterocycles. The molecule has 4 heteroatoms. The second-order valence-corrected chi connectivity index (χ2v) is 7.63. The lowest BCUT2D eigenvalue weighted by molar-refractivity contribution is 0.0734. The van der Waals surface area contributed by atoms with Crippen LogP contribution in [0.25, 0.3) is 0 Å². The van der Waals surface area contributed by atoms with Crippen LogP contribution in [0.3, 0.4) is 0 Å². The summed E-state index contributed by atoms with van der Waals surface area (Å²) in [4.78, 5) is 22.8. The molecule has 0 unspecified atom stereocenters. The highest BCUT2D eigenvalue weighted by Gasteiger charge is 2.08. The summed E-state index contributed by atoms with van der Waals surface area (Å²) in [5.41, 5.74) is 0.928. The first-order valence-corrected chi connectivity index (χ1v) is 11.2. The Bertz CT molecular complexity index is 735. The average Bonchev–Trinajstić information content (AvgIpc) is 2.78. The van der Waals surface area contributed by atoms with Crippen molar-refractivity contribution in [3.63, 3.8) is 0 Å². The summed E-state index contributed by atoms with van der Waals surface area (Å²) in [7, 11) is 0. The van der Waals surface area contributed by atoms with Crippen LogP contribution < -0.4 is 9.47 Å². The number of esters is 1. The van der Waals surface area contributed by atoms with Crippen LogP contribution >= 0.6 is 0 Å². The van der Waals surface area contributed by atoms with E-state index in [9.17, 15) is 9.59 Å². The maximum Gasteiger partial charge on any atom is 0.343 e. The van der Waals surface area contributed by atoms with Gasteiger partial charge in [-0.15, -0.1) is 0 Å². The number of carbonyl (C=O) groups excluding carboxylic acids is 2. The zero-order valence-corrected chi connectivity index (χ0v) is 18.1. The van der Waals surface area contributed by atoms with Crippen LogP contribution in [0.1, 0.15) is 91.8 Å². The molecular weight excluding hydrogens is 376 g/mol. The number of benzene rings is 2. The molecule has 0 amide bonds. The molecular formula is C26H34O4. The van der Waals surface area contributed by atoms with Gasteiger partial charge in [-0.05, 0) is 42.8 Å². The van der Waals surface area contributed by atoms with Crippen molar-refractivity contribution in [3.8, 4) is 11.5 Å². The monoisotopic (exact) mass is 410 g/mol. The Hall–Kier alpha value is -2.62. The minimum Gasteiger partial charge on any atom is -0.494 e. The maximum absolute atomic E-state index is 12.1. The molecule has 0 aromatic heterocycles. The summed E-state index contributed by atoms with van der Waals surface area (Å²) in [5, 5.41) is 0. The molecule has 0 aliphatic carbocycles. The second-order valence-electron chi connectivity index (χ2n) is 7.63. The van der Waals surface area contributed by atoms with E-state index in [0.29, 0.717) is 23.5 Å². The lowest BCUT2D eigenvalue weighted by Gasteiger charge is -2.08. The Morgan fingerprint density at radius 3 is 1.83 bits per heavy atom. The lowest BCUT2D eigenvalue weighted by atomic mass is 10.1. The highest BCUT2D eigenvalue weighted by atomic mass is 16.5. The van der Waals surface area contributed by atoms with E-state index in [0.717, 1.165) is 18.5 Å². The Morgan fingerprint density at radius 1 is 0.733 bits per heavy atom. The van der Waals surface area contributed by atoms with Gasteiger partial charge in [-0.2, -0.15) is 0 Å². The van der Waals surface area contributed by atoms with Gasteiger partial charge in [0.25, 0.3) is 0 Å². The number of ether oxygens (including phenoxy) is 2. The predicted molar refractivity (Wildman–Crippen MR) is 121 cm³/mol. The molecule has 2 aromatic carbocycles. The van der Waals surface area contributed by atoms with Gasteiger partial charge in [0, 0.05) is 5.56 Å². The van der Waals surface area contributed by atoms with E-state index in [2.05, 4.69) is 6.92 Å². The molecule has 0 spiro atoms. The Balaban J connectivity index is 1.58. The van der Waals surface area contributed by atoms with E-state index < -0.39 is 5.97 Å². The van der Waals surface area contributed by atoms with Crippen molar-refractivity contribution in [3.05, 3.63) is 59.7 Å². The van der Waals surface area contributed by atoms with E-state index >= 15 is 0 Å². The Morgan fingerprint density at radius 2 is 1.27 bits per heavy atom. The van der Waals surface area contributed by atoms with Crippen molar-refractivity contribution in [2.75, 3.05) is 6.61 Å². The molecule has 0 aliphatic heterocycles. The average molecular weight is 411 g/mol. The number of rotatable bonds is 15. The molecule has 30 heavy (non-hydrogen) atoms. The smallest absolute Gasteiger partial charge is 0.343 e. The zero-order valence-electron chi connectivity index (χ0n) is 18.1. The highest BCUT2D eigenvalue weighted by molar-refractivity contribution is 5.91. The lowest BCUT2D eigenvalue weighted by Crippen LogP contribution is -2.08. The standard InChI is InChI=1S/C26H34O4/c1-2-3-4-5-6-7-8-9-10-11-20-29-24-16-18-25(19-17-24)30-26(28)23-14-12-22(21-27)13-15-23/h12-19,21H,2-11,20H2,1H3. The fourth-order valence-corrected chi connectivity index (χ4v) is 3.25. The summed E-state index contributed by atoms with van der Waals surface area (Å²) in [6.45, 7) is 2.96. The van der Waals surface area contributed by atoms with Crippen molar-refractivity contribution in [1.29, 1.82) is 0 Å². The molecule has 2 aromatic rings. The Kier molecular flexibility index (Phi) is 11.3. The molecule has 0 atom stereocenters. The third-order valence-electron chi connectivity index (χ3n) is 5.08.